The van der Waals surface area contributed by atoms with Crippen LogP contribution < -0.4 is 14.3 Å². The van der Waals surface area contributed by atoms with Crippen molar-refractivity contribution in [3.63, 3.8) is 0 Å². The first-order valence-electron chi connectivity index (χ1n) is 4.88. The van der Waals surface area contributed by atoms with Crippen LogP contribution in [0.2, 0.25) is 0 Å². The van der Waals surface area contributed by atoms with E-state index in [2.05, 4.69) is 20.1 Å². The molecule has 0 radical (unpaired) electrons. The molecule has 9 heteroatoms. The second kappa shape index (κ2) is 3.34. The minimum atomic E-state index is -0.714. The van der Waals surface area contributed by atoms with E-state index in [1.165, 1.54) is 0 Å². The van der Waals surface area contributed by atoms with Crippen molar-refractivity contribution in [3.05, 3.63) is 0 Å². The van der Waals surface area contributed by atoms with Crippen LogP contribution in [-0.2, 0) is 0 Å². The van der Waals surface area contributed by atoms with Crippen LogP contribution in [0.1, 0.15) is 0 Å². The van der Waals surface area contributed by atoms with Crippen molar-refractivity contribution < 1.29 is 14.3 Å². The Balaban J connectivity index is 2.07. The lowest BCUT2D eigenvalue weighted by Crippen LogP contribution is -2.50. The molecule has 0 saturated heterocycles. The molecule has 1 aromatic rings. The van der Waals surface area contributed by atoms with Crippen LogP contribution in [-0.4, -0.2) is 58.3 Å². The minimum absolute atomic E-state index is 0.0399. The average Bonchev–Trinajstić information content (AvgIpc) is 2.32. The van der Waals surface area contributed by atoms with Gasteiger partial charge in [-0.2, -0.15) is 0 Å². The van der Waals surface area contributed by atoms with Gasteiger partial charge in [-0.25, -0.2) is 0 Å². The number of fused-ring (bicyclic) bond motifs is 2. The molecule has 0 spiro atoms. The number of hydrogen-bond acceptors (Lipinski definition) is 9. The maximum atomic E-state index is 5.40. The van der Waals surface area contributed by atoms with Crippen LogP contribution in [0.4, 0.5) is 0 Å². The zero-order valence-electron chi connectivity index (χ0n) is 9.49. The summed E-state index contributed by atoms with van der Waals surface area (Å²) in [6.07, 6.45) is -0.714. The van der Waals surface area contributed by atoms with Gasteiger partial charge in [0.2, 0.25) is 5.96 Å². The molecule has 4 bridgehead atoms. The van der Waals surface area contributed by atoms with Gasteiger partial charge in [0.1, 0.15) is 0 Å². The van der Waals surface area contributed by atoms with Crippen LogP contribution in [0.25, 0.3) is 0 Å². The summed E-state index contributed by atoms with van der Waals surface area (Å²) in [5, 5.41) is 3.94. The Bertz CT molecular complexity index is 466. The van der Waals surface area contributed by atoms with Crippen molar-refractivity contribution in [3.8, 4) is 18.0 Å². The van der Waals surface area contributed by atoms with Crippen molar-refractivity contribution in [2.45, 2.75) is 6.41 Å². The van der Waals surface area contributed by atoms with Crippen molar-refractivity contribution in [1.82, 2.24) is 24.8 Å². The highest BCUT2D eigenvalue weighted by atomic mass is 16.7. The lowest BCUT2D eigenvalue weighted by atomic mass is 10.6. The Kier molecular flexibility index (Phi) is 1.94. The number of ether oxygens (including phenoxy) is 2. The maximum Gasteiger partial charge on any atom is 0.355 e. The number of aromatic nitrogens is 3. The smallest absolute Gasteiger partial charge is 0.355 e. The number of rotatable bonds is 0. The van der Waals surface area contributed by atoms with Gasteiger partial charge in [-0.05, 0) is 5.16 Å². The highest BCUT2D eigenvalue weighted by molar-refractivity contribution is 5.79. The molecule has 4 heterocycles. The van der Waals surface area contributed by atoms with Gasteiger partial charge in [-0.15, -0.1) is 15.0 Å². The first-order chi connectivity index (χ1) is 8.13. The third-order valence-corrected chi connectivity index (χ3v) is 2.23. The fourth-order valence-corrected chi connectivity index (χ4v) is 1.47. The van der Waals surface area contributed by atoms with Crippen molar-refractivity contribution in [1.29, 1.82) is 0 Å². The summed E-state index contributed by atoms with van der Waals surface area (Å²) >= 11 is 0. The van der Waals surface area contributed by atoms with Crippen molar-refractivity contribution in [2.75, 3.05) is 21.1 Å². The fraction of sp³-hybridized carbons (Fsp3) is 0.500. The monoisotopic (exact) mass is 238 g/mol. The van der Waals surface area contributed by atoms with Gasteiger partial charge < -0.3 is 19.2 Å². The largest absolute Gasteiger partial charge is 0.403 e. The third kappa shape index (κ3) is 1.55. The van der Waals surface area contributed by atoms with Crippen molar-refractivity contribution >= 4 is 5.96 Å². The summed E-state index contributed by atoms with van der Waals surface area (Å²) in [6, 6.07) is 0.352. The minimum Gasteiger partial charge on any atom is -0.403 e. The Morgan fingerprint density at radius 3 is 2.24 bits per heavy atom. The molecule has 1 aromatic heterocycles. The van der Waals surface area contributed by atoms with Gasteiger partial charge in [0.05, 0.1) is 0 Å². The molecule has 0 saturated carbocycles. The highest BCUT2D eigenvalue weighted by Gasteiger charge is 2.32. The Labute approximate surface area is 96.6 Å². The highest BCUT2D eigenvalue weighted by Crippen LogP contribution is 2.24. The molecule has 0 N–H and O–H groups in total. The summed E-state index contributed by atoms with van der Waals surface area (Å²) in [5.74, 6) is 0.516. The second-order valence-corrected chi connectivity index (χ2v) is 3.71. The first kappa shape index (κ1) is 9.87. The Morgan fingerprint density at radius 1 is 1.06 bits per heavy atom. The molecule has 0 unspecified atom stereocenters. The van der Waals surface area contributed by atoms with Crippen LogP contribution in [0, 0.1) is 0 Å². The molecule has 0 atom stereocenters. The SMILES string of the molecule is CN(C)/C1=N/Oc2nc3nc(n2)OC(O3)N1C. The standard InChI is InChI=1S/C8H10N6O3/c1-13(2)7-12-17-6-10-4-9-5(11-6)16-8(15-4)14(7)3/h8H,1-3H3/b12-7-. The Hall–Kier alpha value is -2.32. The van der Waals surface area contributed by atoms with Gasteiger partial charge in [-0.3, -0.25) is 4.90 Å². The molecule has 0 fully saturated rings. The van der Waals surface area contributed by atoms with Crippen molar-refractivity contribution in [2.24, 2.45) is 5.16 Å². The zero-order valence-corrected chi connectivity index (χ0v) is 9.49. The van der Waals surface area contributed by atoms with Gasteiger partial charge in [-0.1, -0.05) is 0 Å². The summed E-state index contributed by atoms with van der Waals surface area (Å²) in [5.41, 5.74) is 0. The van der Waals surface area contributed by atoms with Crippen LogP contribution in [0.15, 0.2) is 5.16 Å². The molecule has 4 rings (SSSR count). The first-order valence-corrected chi connectivity index (χ1v) is 4.88. The number of nitrogens with zero attached hydrogens (tertiary/aromatic N) is 6. The topological polar surface area (TPSA) is 85.2 Å². The molecular formula is C8H10N6O3. The summed E-state index contributed by atoms with van der Waals surface area (Å²) in [4.78, 5) is 20.2. The lowest BCUT2D eigenvalue weighted by molar-refractivity contribution is -0.102. The normalized spacial score (nSPS) is 20.4. The van der Waals surface area contributed by atoms with Crippen LogP contribution >= 0.6 is 0 Å². The third-order valence-electron chi connectivity index (χ3n) is 2.23. The molecular weight excluding hydrogens is 228 g/mol. The van der Waals surface area contributed by atoms with E-state index in [9.17, 15) is 0 Å². The molecule has 90 valence electrons. The molecule has 3 aliphatic heterocycles. The molecule has 17 heavy (non-hydrogen) atoms. The summed E-state index contributed by atoms with van der Waals surface area (Å²) in [7, 11) is 5.40. The quantitative estimate of drug-likeness (QED) is 0.574. The van der Waals surface area contributed by atoms with Gasteiger partial charge in [0, 0.05) is 21.1 Å². The van der Waals surface area contributed by atoms with E-state index in [1.54, 1.807) is 16.8 Å². The van der Waals surface area contributed by atoms with Crippen LogP contribution in [0.5, 0.6) is 18.0 Å². The van der Waals surface area contributed by atoms with Gasteiger partial charge in [0.15, 0.2) is 0 Å². The van der Waals surface area contributed by atoms with E-state index in [-0.39, 0.29) is 18.0 Å². The van der Waals surface area contributed by atoms with Crippen LogP contribution in [0.3, 0.4) is 0 Å². The van der Waals surface area contributed by atoms with E-state index in [0.717, 1.165) is 0 Å². The second-order valence-electron chi connectivity index (χ2n) is 3.71. The molecule has 3 aliphatic rings. The number of oxime groups is 1. The summed E-state index contributed by atoms with van der Waals surface area (Å²) < 4.78 is 10.8. The predicted molar refractivity (Wildman–Crippen MR) is 54.4 cm³/mol. The van der Waals surface area contributed by atoms with E-state index in [0.29, 0.717) is 5.96 Å². The van der Waals surface area contributed by atoms with Gasteiger partial charge >= 0.3 is 24.4 Å². The van der Waals surface area contributed by atoms with E-state index in [4.69, 9.17) is 14.3 Å². The maximum absolute atomic E-state index is 5.40. The van der Waals surface area contributed by atoms with E-state index < -0.39 is 6.41 Å². The zero-order chi connectivity index (χ0) is 12.0. The predicted octanol–water partition coefficient (Wildman–Crippen LogP) is -0.917. The Morgan fingerprint density at radius 2 is 1.65 bits per heavy atom. The summed E-state index contributed by atoms with van der Waals surface area (Å²) in [6.45, 7) is 0. The number of hydrogen-bond donors (Lipinski definition) is 0. The van der Waals surface area contributed by atoms with E-state index in [1.807, 2.05) is 14.1 Å². The number of guanidine groups is 1. The average molecular weight is 238 g/mol. The molecule has 9 nitrogen and oxygen atoms in total. The molecule has 0 aliphatic carbocycles. The van der Waals surface area contributed by atoms with Gasteiger partial charge in [0.25, 0.3) is 0 Å². The molecule has 0 aromatic carbocycles. The van der Waals surface area contributed by atoms with E-state index >= 15 is 0 Å². The fourth-order valence-electron chi connectivity index (χ4n) is 1.47. The lowest BCUT2D eigenvalue weighted by Gasteiger charge is -2.31. The molecule has 0 amide bonds.